The minimum atomic E-state index is -0.0120. The van der Waals surface area contributed by atoms with E-state index < -0.39 is 0 Å². The summed E-state index contributed by atoms with van der Waals surface area (Å²) >= 11 is 0. The number of nitrogens with zero attached hydrogens (tertiary/aromatic N) is 5. The number of rotatable bonds is 4. The summed E-state index contributed by atoms with van der Waals surface area (Å²) in [5.74, 6) is 0.590. The zero-order valence-electron chi connectivity index (χ0n) is 14.1. The molecule has 126 valence electrons. The van der Waals surface area contributed by atoms with Gasteiger partial charge >= 0.3 is 0 Å². The van der Waals surface area contributed by atoms with Gasteiger partial charge in [-0.1, -0.05) is 0 Å². The molecule has 3 heterocycles. The molecule has 0 saturated carbocycles. The lowest BCUT2D eigenvalue weighted by Gasteiger charge is -2.34. The SMILES string of the molecule is CN(C)C(=O)CN1CC[C@H]2CN(Cc3cnn(C)c3)C[C@@H]2C1=O. The number of fused-ring (bicyclic) bond motifs is 1. The van der Waals surface area contributed by atoms with Crippen LogP contribution in [0.4, 0.5) is 0 Å². The molecule has 0 spiro atoms. The molecule has 2 amide bonds. The smallest absolute Gasteiger partial charge is 0.241 e. The van der Waals surface area contributed by atoms with Crippen LogP contribution >= 0.6 is 0 Å². The highest BCUT2D eigenvalue weighted by molar-refractivity contribution is 5.86. The molecule has 7 nitrogen and oxygen atoms in total. The molecule has 1 aromatic rings. The second-order valence-corrected chi connectivity index (χ2v) is 6.92. The minimum Gasteiger partial charge on any atom is -0.347 e. The molecule has 1 aromatic heterocycles. The number of likely N-dealkylation sites (tertiary alicyclic amines) is 2. The monoisotopic (exact) mass is 319 g/mol. The Morgan fingerprint density at radius 1 is 1.39 bits per heavy atom. The zero-order valence-corrected chi connectivity index (χ0v) is 14.1. The molecule has 0 N–H and O–H groups in total. The maximum Gasteiger partial charge on any atom is 0.241 e. The second-order valence-electron chi connectivity index (χ2n) is 6.92. The van der Waals surface area contributed by atoms with Crippen LogP contribution in [0.25, 0.3) is 0 Å². The van der Waals surface area contributed by atoms with Crippen LogP contribution < -0.4 is 0 Å². The normalized spacial score (nSPS) is 24.8. The van der Waals surface area contributed by atoms with Gasteiger partial charge in [0.25, 0.3) is 0 Å². The third-order valence-electron chi connectivity index (χ3n) is 4.90. The quantitative estimate of drug-likeness (QED) is 0.770. The van der Waals surface area contributed by atoms with E-state index in [0.717, 1.165) is 26.1 Å². The molecule has 7 heteroatoms. The van der Waals surface area contributed by atoms with Crippen molar-refractivity contribution in [2.75, 3.05) is 40.3 Å². The van der Waals surface area contributed by atoms with Crippen molar-refractivity contribution in [3.05, 3.63) is 18.0 Å². The van der Waals surface area contributed by atoms with E-state index in [-0.39, 0.29) is 24.3 Å². The van der Waals surface area contributed by atoms with Gasteiger partial charge in [0.05, 0.1) is 18.7 Å². The fourth-order valence-corrected chi connectivity index (χ4v) is 3.60. The van der Waals surface area contributed by atoms with E-state index in [1.807, 2.05) is 19.4 Å². The molecule has 0 aromatic carbocycles. The van der Waals surface area contributed by atoms with Gasteiger partial charge in [-0.15, -0.1) is 0 Å². The Morgan fingerprint density at radius 2 is 2.17 bits per heavy atom. The van der Waals surface area contributed by atoms with Crippen molar-refractivity contribution >= 4 is 11.8 Å². The first-order valence-corrected chi connectivity index (χ1v) is 8.13. The highest BCUT2D eigenvalue weighted by Crippen LogP contribution is 2.32. The third kappa shape index (κ3) is 3.39. The number of amides is 2. The van der Waals surface area contributed by atoms with Crippen LogP contribution in [-0.2, 0) is 23.2 Å². The van der Waals surface area contributed by atoms with Crippen LogP contribution in [0.15, 0.2) is 12.4 Å². The first-order chi connectivity index (χ1) is 10.9. The average Bonchev–Trinajstić information content (AvgIpc) is 3.08. The Morgan fingerprint density at radius 3 is 2.83 bits per heavy atom. The summed E-state index contributed by atoms with van der Waals surface area (Å²) < 4.78 is 1.80. The number of hydrogen-bond donors (Lipinski definition) is 0. The van der Waals surface area contributed by atoms with Gasteiger partial charge in [0, 0.05) is 59.1 Å². The standard InChI is InChI=1S/C16H25N5O2/c1-18(2)15(22)11-21-5-4-13-9-20(10-14(13)16(21)23)8-12-6-17-19(3)7-12/h6-7,13-14H,4-5,8-11H2,1-3H3/t13-,14-/m0/s1. The van der Waals surface area contributed by atoms with Crippen LogP contribution in [0.3, 0.4) is 0 Å². The lowest BCUT2D eigenvalue weighted by molar-refractivity contribution is -0.145. The zero-order chi connectivity index (χ0) is 16.6. The lowest BCUT2D eigenvalue weighted by Crippen LogP contribution is -2.49. The summed E-state index contributed by atoms with van der Waals surface area (Å²) in [6.45, 7) is 3.48. The third-order valence-corrected chi connectivity index (χ3v) is 4.90. The number of hydrogen-bond acceptors (Lipinski definition) is 4. The Balaban J connectivity index is 1.60. The van der Waals surface area contributed by atoms with Gasteiger partial charge in [-0.05, 0) is 12.3 Å². The van der Waals surface area contributed by atoms with Gasteiger partial charge in [-0.3, -0.25) is 19.2 Å². The van der Waals surface area contributed by atoms with E-state index in [9.17, 15) is 9.59 Å². The summed E-state index contributed by atoms with van der Waals surface area (Å²) in [6.07, 6.45) is 4.89. The molecule has 0 aliphatic carbocycles. The molecule has 3 rings (SSSR count). The molecule has 2 aliphatic heterocycles. The summed E-state index contributed by atoms with van der Waals surface area (Å²) in [6, 6.07) is 0. The highest BCUT2D eigenvalue weighted by Gasteiger charge is 2.43. The van der Waals surface area contributed by atoms with E-state index >= 15 is 0 Å². The Hall–Kier alpha value is -1.89. The van der Waals surface area contributed by atoms with Crippen molar-refractivity contribution < 1.29 is 9.59 Å². The van der Waals surface area contributed by atoms with Gasteiger partial charge in [-0.2, -0.15) is 5.10 Å². The van der Waals surface area contributed by atoms with Crippen LogP contribution in [0.2, 0.25) is 0 Å². The average molecular weight is 319 g/mol. The van der Waals surface area contributed by atoms with Gasteiger partial charge in [0.1, 0.15) is 0 Å². The van der Waals surface area contributed by atoms with E-state index in [2.05, 4.69) is 10.00 Å². The molecule has 23 heavy (non-hydrogen) atoms. The Kier molecular flexibility index (Phi) is 4.39. The molecule has 2 saturated heterocycles. The summed E-state index contributed by atoms with van der Waals surface area (Å²) in [7, 11) is 5.37. The highest BCUT2D eigenvalue weighted by atomic mass is 16.2. The molecule has 0 bridgehead atoms. The number of aryl methyl sites for hydroxylation is 1. The van der Waals surface area contributed by atoms with Crippen molar-refractivity contribution in [3.63, 3.8) is 0 Å². The molecule has 2 fully saturated rings. The fraction of sp³-hybridized carbons (Fsp3) is 0.688. The van der Waals surface area contributed by atoms with Gasteiger partial charge in [-0.25, -0.2) is 0 Å². The number of aromatic nitrogens is 2. The van der Waals surface area contributed by atoms with Gasteiger partial charge in [0.2, 0.25) is 11.8 Å². The topological polar surface area (TPSA) is 61.7 Å². The van der Waals surface area contributed by atoms with Crippen LogP contribution in [0.1, 0.15) is 12.0 Å². The molecule has 0 radical (unpaired) electrons. The number of carbonyl (C=O) groups excluding carboxylic acids is 2. The number of carbonyl (C=O) groups is 2. The Labute approximate surface area is 136 Å². The van der Waals surface area contributed by atoms with Crippen LogP contribution in [-0.4, -0.2) is 76.6 Å². The maximum absolute atomic E-state index is 12.7. The molecule has 2 aliphatic rings. The fourth-order valence-electron chi connectivity index (χ4n) is 3.60. The predicted octanol–water partition coefficient (Wildman–Crippen LogP) is -0.211. The number of piperidine rings is 1. The summed E-state index contributed by atoms with van der Waals surface area (Å²) in [5, 5.41) is 4.20. The molecular formula is C16H25N5O2. The van der Waals surface area contributed by atoms with E-state index in [1.165, 1.54) is 5.56 Å². The van der Waals surface area contributed by atoms with E-state index in [4.69, 9.17) is 0 Å². The molecule has 2 atom stereocenters. The van der Waals surface area contributed by atoms with E-state index in [0.29, 0.717) is 12.5 Å². The molecular weight excluding hydrogens is 294 g/mol. The Bertz CT molecular complexity index is 597. The first-order valence-electron chi connectivity index (χ1n) is 8.13. The van der Waals surface area contributed by atoms with Crippen molar-refractivity contribution in [2.45, 2.75) is 13.0 Å². The summed E-state index contributed by atoms with van der Waals surface area (Å²) in [5.41, 5.74) is 1.18. The summed E-state index contributed by atoms with van der Waals surface area (Å²) in [4.78, 5) is 30.2. The lowest BCUT2D eigenvalue weighted by atomic mass is 9.88. The van der Waals surface area contributed by atoms with Crippen LogP contribution in [0, 0.1) is 11.8 Å². The van der Waals surface area contributed by atoms with Crippen LogP contribution in [0.5, 0.6) is 0 Å². The van der Waals surface area contributed by atoms with Crippen molar-refractivity contribution in [1.29, 1.82) is 0 Å². The number of likely N-dealkylation sites (N-methyl/N-ethyl adjacent to an activating group) is 1. The van der Waals surface area contributed by atoms with Gasteiger partial charge < -0.3 is 9.80 Å². The van der Waals surface area contributed by atoms with Gasteiger partial charge in [0.15, 0.2) is 0 Å². The molecule has 0 unspecified atom stereocenters. The minimum absolute atomic E-state index is 0.0120. The van der Waals surface area contributed by atoms with Crippen molar-refractivity contribution in [1.82, 2.24) is 24.5 Å². The predicted molar refractivity (Wildman–Crippen MR) is 85.4 cm³/mol. The van der Waals surface area contributed by atoms with Crippen molar-refractivity contribution in [3.8, 4) is 0 Å². The maximum atomic E-state index is 12.7. The van der Waals surface area contributed by atoms with Crippen molar-refractivity contribution in [2.24, 2.45) is 18.9 Å². The first kappa shape index (κ1) is 16.0. The van der Waals surface area contributed by atoms with E-state index in [1.54, 1.807) is 28.6 Å². The second kappa shape index (κ2) is 6.31. The largest absolute Gasteiger partial charge is 0.347 e.